The lowest BCUT2D eigenvalue weighted by molar-refractivity contribution is -0.156. The summed E-state index contributed by atoms with van der Waals surface area (Å²) >= 11 is 0. The van der Waals surface area contributed by atoms with E-state index in [1.807, 2.05) is 18.2 Å². The number of carbonyl (C=O) groups is 1. The molecule has 0 saturated heterocycles. The van der Waals surface area contributed by atoms with Crippen LogP contribution >= 0.6 is 0 Å². The van der Waals surface area contributed by atoms with Crippen LogP contribution in [-0.4, -0.2) is 45.5 Å². The Labute approximate surface area is 175 Å². The fraction of sp³-hybridized carbons (Fsp3) is 0.435. The molecule has 2 aliphatic heterocycles. The highest BCUT2D eigenvalue weighted by Gasteiger charge is 2.56. The van der Waals surface area contributed by atoms with Crippen LogP contribution in [0.1, 0.15) is 35.3 Å². The highest BCUT2D eigenvalue weighted by Crippen LogP contribution is 2.59. The van der Waals surface area contributed by atoms with Crippen LogP contribution in [0.25, 0.3) is 0 Å². The molecule has 0 unspecified atom stereocenters. The van der Waals surface area contributed by atoms with Crippen LogP contribution in [-0.2, 0) is 27.9 Å². The number of nitrogens with zero attached hydrogens (tertiary/aromatic N) is 1. The number of benzene rings is 2. The van der Waals surface area contributed by atoms with E-state index in [0.717, 1.165) is 29.7 Å². The molecule has 2 aromatic rings. The molecule has 30 heavy (non-hydrogen) atoms. The first-order valence-electron chi connectivity index (χ1n) is 10.0. The van der Waals surface area contributed by atoms with Gasteiger partial charge in [0.25, 0.3) is 0 Å². The predicted octanol–water partition coefficient (Wildman–Crippen LogP) is 2.98. The summed E-state index contributed by atoms with van der Waals surface area (Å²) in [5.74, 6) is 2.40. The minimum Gasteiger partial charge on any atom is -0.493 e. The normalized spacial score (nSPS) is 23.8. The lowest BCUT2D eigenvalue weighted by Crippen LogP contribution is -2.52. The van der Waals surface area contributed by atoms with E-state index >= 15 is 0 Å². The zero-order valence-corrected chi connectivity index (χ0v) is 17.6. The first-order chi connectivity index (χ1) is 14.5. The predicted molar refractivity (Wildman–Crippen MR) is 108 cm³/mol. The third kappa shape index (κ3) is 2.51. The fourth-order valence-corrected chi connectivity index (χ4v) is 5.22. The molecular formula is C23H25NO6. The molecular weight excluding hydrogens is 386 g/mol. The van der Waals surface area contributed by atoms with E-state index in [-0.39, 0.29) is 12.8 Å². The van der Waals surface area contributed by atoms with Crippen LogP contribution in [0.4, 0.5) is 0 Å². The van der Waals surface area contributed by atoms with Crippen molar-refractivity contribution in [3.05, 3.63) is 46.5 Å². The van der Waals surface area contributed by atoms with Crippen molar-refractivity contribution in [2.45, 2.75) is 31.4 Å². The number of rotatable bonds is 3. The Balaban J connectivity index is 1.76. The Bertz CT molecular complexity index is 1030. The van der Waals surface area contributed by atoms with Crippen LogP contribution in [0, 0.1) is 0 Å². The molecule has 0 radical (unpaired) electrons. The molecule has 0 fully saturated rings. The highest BCUT2D eigenvalue weighted by molar-refractivity contribution is 5.69. The molecule has 0 aromatic heterocycles. The molecule has 2 atom stereocenters. The van der Waals surface area contributed by atoms with Gasteiger partial charge in [-0.15, -0.1) is 0 Å². The Morgan fingerprint density at radius 3 is 2.63 bits per heavy atom. The van der Waals surface area contributed by atoms with Crippen LogP contribution < -0.4 is 18.9 Å². The molecule has 2 heterocycles. The topological polar surface area (TPSA) is 66.5 Å². The van der Waals surface area contributed by atoms with Gasteiger partial charge in [-0.1, -0.05) is 6.07 Å². The van der Waals surface area contributed by atoms with Gasteiger partial charge in [0.1, 0.15) is 0 Å². The smallest absolute Gasteiger partial charge is 0.303 e. The van der Waals surface area contributed by atoms with E-state index in [1.165, 1.54) is 12.5 Å². The summed E-state index contributed by atoms with van der Waals surface area (Å²) in [6, 6.07) is 8.06. The summed E-state index contributed by atoms with van der Waals surface area (Å²) in [4.78, 5) is 14.5. The average molecular weight is 411 g/mol. The summed E-state index contributed by atoms with van der Waals surface area (Å²) in [5.41, 5.74) is 3.69. The van der Waals surface area contributed by atoms with Gasteiger partial charge >= 0.3 is 5.97 Å². The van der Waals surface area contributed by atoms with E-state index in [1.54, 1.807) is 14.2 Å². The molecule has 5 rings (SSSR count). The molecule has 7 nitrogen and oxygen atoms in total. The van der Waals surface area contributed by atoms with Gasteiger partial charge in [0.15, 0.2) is 29.1 Å². The van der Waals surface area contributed by atoms with E-state index in [4.69, 9.17) is 23.7 Å². The molecule has 0 N–H and O–H groups in total. The van der Waals surface area contributed by atoms with Gasteiger partial charge < -0.3 is 23.7 Å². The van der Waals surface area contributed by atoms with E-state index in [0.29, 0.717) is 29.4 Å². The number of hydrogen-bond acceptors (Lipinski definition) is 7. The molecule has 0 amide bonds. The largest absolute Gasteiger partial charge is 0.493 e. The van der Waals surface area contributed by atoms with Gasteiger partial charge in [0, 0.05) is 19.0 Å². The van der Waals surface area contributed by atoms with Crippen molar-refractivity contribution >= 4 is 5.97 Å². The van der Waals surface area contributed by atoms with Crippen LogP contribution in [0.5, 0.6) is 23.0 Å². The molecule has 158 valence electrons. The minimum atomic E-state index is -0.567. The van der Waals surface area contributed by atoms with E-state index < -0.39 is 11.6 Å². The second kappa shape index (κ2) is 6.80. The van der Waals surface area contributed by atoms with E-state index in [2.05, 4.69) is 18.0 Å². The quantitative estimate of drug-likeness (QED) is 0.720. The maximum absolute atomic E-state index is 12.2. The zero-order chi connectivity index (χ0) is 21.0. The van der Waals surface area contributed by atoms with Gasteiger partial charge in [0.05, 0.1) is 19.8 Å². The van der Waals surface area contributed by atoms with Crippen LogP contribution in [0.3, 0.4) is 0 Å². The average Bonchev–Trinajstić information content (AvgIpc) is 3.33. The Morgan fingerprint density at radius 2 is 1.90 bits per heavy atom. The maximum atomic E-state index is 12.2. The standard InChI is InChI=1S/C23H25NO6/c1-13(25)30-22-20-15(5-6-17-21(20)29-12-28-17)11-23(22)16-10-19(27-4)18(26-3)9-14(16)7-8-24(23)2/h5-6,9-10,22H,7-8,11-12H2,1-4H3/t22-,23+/m1/s1. The maximum Gasteiger partial charge on any atom is 0.303 e. The number of likely N-dealkylation sites (N-methyl/N-ethyl adjacent to an activating group) is 1. The van der Waals surface area contributed by atoms with Gasteiger partial charge in [-0.25, -0.2) is 0 Å². The molecule has 0 saturated carbocycles. The SMILES string of the molecule is COc1cc2c(cc1OC)[C@]1(Cc3ccc4c(c3[C@H]1OC(C)=O)OCO4)N(C)CC2. The van der Waals surface area contributed by atoms with Crippen molar-refractivity contribution < 1.29 is 28.5 Å². The Hall–Kier alpha value is -2.93. The second-order valence-corrected chi connectivity index (χ2v) is 8.00. The minimum absolute atomic E-state index is 0.170. The Morgan fingerprint density at radius 1 is 1.13 bits per heavy atom. The summed E-state index contributed by atoms with van der Waals surface area (Å²) in [5, 5.41) is 0. The number of carbonyl (C=O) groups excluding carboxylic acids is 1. The lowest BCUT2D eigenvalue weighted by atomic mass is 9.76. The summed E-state index contributed by atoms with van der Waals surface area (Å²) in [6.45, 7) is 2.45. The first-order valence-corrected chi connectivity index (χ1v) is 10.0. The molecule has 2 aromatic carbocycles. The van der Waals surface area contributed by atoms with Gasteiger partial charge in [0.2, 0.25) is 6.79 Å². The Kier molecular flexibility index (Phi) is 4.32. The highest BCUT2D eigenvalue weighted by atomic mass is 16.7. The third-order valence-corrected chi connectivity index (χ3v) is 6.58. The van der Waals surface area contributed by atoms with Crippen molar-refractivity contribution in [3.63, 3.8) is 0 Å². The first kappa shape index (κ1) is 19.1. The molecule has 1 spiro atoms. The number of methoxy groups -OCH3 is 2. The number of fused-ring (bicyclic) bond motifs is 5. The summed E-state index contributed by atoms with van der Waals surface area (Å²) in [6.07, 6.45) is 1.04. The molecule has 7 heteroatoms. The number of ether oxygens (including phenoxy) is 5. The van der Waals surface area contributed by atoms with Gasteiger partial charge in [-0.2, -0.15) is 0 Å². The monoisotopic (exact) mass is 411 g/mol. The lowest BCUT2D eigenvalue weighted by Gasteiger charge is -2.47. The number of hydrogen-bond donors (Lipinski definition) is 0. The van der Waals surface area contributed by atoms with Gasteiger partial charge in [-0.05, 0) is 54.8 Å². The van der Waals surface area contributed by atoms with E-state index in [9.17, 15) is 4.79 Å². The van der Waals surface area contributed by atoms with Crippen molar-refractivity contribution in [3.8, 4) is 23.0 Å². The van der Waals surface area contributed by atoms with Crippen molar-refractivity contribution in [2.24, 2.45) is 0 Å². The molecule has 1 aliphatic carbocycles. The summed E-state index contributed by atoms with van der Waals surface area (Å²) in [7, 11) is 5.36. The van der Waals surface area contributed by atoms with Crippen molar-refractivity contribution in [2.75, 3.05) is 34.6 Å². The van der Waals surface area contributed by atoms with Crippen molar-refractivity contribution in [1.82, 2.24) is 4.90 Å². The van der Waals surface area contributed by atoms with Crippen LogP contribution in [0.2, 0.25) is 0 Å². The summed E-state index contributed by atoms with van der Waals surface area (Å²) < 4.78 is 28.6. The fourth-order valence-electron chi connectivity index (χ4n) is 5.22. The van der Waals surface area contributed by atoms with Gasteiger partial charge in [-0.3, -0.25) is 9.69 Å². The van der Waals surface area contributed by atoms with Crippen LogP contribution in [0.15, 0.2) is 24.3 Å². The molecule has 0 bridgehead atoms. The number of esters is 1. The molecule has 3 aliphatic rings. The second-order valence-electron chi connectivity index (χ2n) is 8.00. The third-order valence-electron chi connectivity index (χ3n) is 6.58. The zero-order valence-electron chi connectivity index (χ0n) is 17.6. The van der Waals surface area contributed by atoms with Crippen molar-refractivity contribution in [1.29, 1.82) is 0 Å².